The van der Waals surface area contributed by atoms with Gasteiger partial charge in [0.25, 0.3) is 0 Å². The monoisotopic (exact) mass is 1120 g/mol. The fourth-order valence-corrected chi connectivity index (χ4v) is 11.8. The number of carbonyl (C=O) groups excluding carboxylic acids is 4. The molecule has 1 aliphatic rings. The van der Waals surface area contributed by atoms with Gasteiger partial charge in [0.05, 0.1) is 48.0 Å². The largest absolute Gasteiger partial charge is 0.493 e. The van der Waals surface area contributed by atoms with Gasteiger partial charge in [0, 0.05) is 55.4 Å². The number of likely N-dealkylation sites (tertiary alicyclic amines) is 1. The first-order chi connectivity index (χ1) is 37.5. The lowest BCUT2D eigenvalue weighted by molar-refractivity contribution is -0.144. The summed E-state index contributed by atoms with van der Waals surface area (Å²) >= 11 is 3.24. The molecule has 1 fully saturated rings. The number of hydrogen-bond donors (Lipinski definition) is 4. The molecule has 3 aromatic carbocycles. The zero-order valence-electron chi connectivity index (χ0n) is 48.1. The number of ether oxygens (including phenoxy) is 3. The average molecular weight is 1120 g/mol. The van der Waals surface area contributed by atoms with Crippen LogP contribution in [0.4, 0.5) is 10.6 Å². The van der Waals surface area contributed by atoms with Crippen LogP contribution in [0.25, 0.3) is 32.5 Å². The van der Waals surface area contributed by atoms with E-state index in [9.17, 15) is 24.3 Å². The molecule has 424 valence electrons. The number of nitrogens with zero attached hydrogens (tertiary/aromatic N) is 5. The molecule has 1 saturated heterocycles. The number of thiophene rings is 1. The predicted molar refractivity (Wildman–Crippen MR) is 315 cm³/mol. The number of unbranched alkanes of at least 4 members (excludes halogenated alkanes) is 5. The van der Waals surface area contributed by atoms with Crippen molar-refractivity contribution in [3.8, 4) is 33.1 Å². The fraction of sp³-hybridized carbons (Fsp3) is 0.492. The smallest absolute Gasteiger partial charge is 0.410 e. The molecule has 4 heterocycles. The van der Waals surface area contributed by atoms with Crippen LogP contribution in [0.5, 0.6) is 11.5 Å². The molecule has 0 saturated carbocycles. The van der Waals surface area contributed by atoms with E-state index in [1.807, 2.05) is 109 Å². The Morgan fingerprint density at radius 2 is 1.59 bits per heavy atom. The third-order valence-electron chi connectivity index (χ3n) is 14.2. The number of aliphatic hydroxyl groups is 1. The van der Waals surface area contributed by atoms with Crippen LogP contribution in [-0.4, -0.2) is 105 Å². The number of hydrogen-bond acceptors (Lipinski definition) is 14. The first-order valence-electron chi connectivity index (χ1n) is 27.4. The van der Waals surface area contributed by atoms with Crippen LogP contribution in [0.15, 0.2) is 71.6 Å². The van der Waals surface area contributed by atoms with Crippen LogP contribution in [0.3, 0.4) is 0 Å². The Kier molecular flexibility index (Phi) is 20.2. The number of aliphatic hydroxyl groups excluding tert-OH is 1. The Hall–Kier alpha value is -6.63. The second-order valence-electron chi connectivity index (χ2n) is 22.8. The molecule has 2 unspecified atom stereocenters. The number of methoxy groups -OCH3 is 2. The summed E-state index contributed by atoms with van der Waals surface area (Å²) in [6.45, 7) is 18.0. The molecule has 79 heavy (non-hydrogen) atoms. The van der Waals surface area contributed by atoms with E-state index in [0.29, 0.717) is 42.5 Å². The molecule has 4 atom stereocenters. The number of carbonyl (C=O) groups is 4. The number of aromatic nitrogens is 3. The highest BCUT2D eigenvalue weighted by Crippen LogP contribution is 2.41. The lowest BCUT2D eigenvalue weighted by Gasteiger charge is -2.35. The summed E-state index contributed by atoms with van der Waals surface area (Å²) in [5, 5.41) is 23.3. The van der Waals surface area contributed by atoms with Crippen molar-refractivity contribution in [3.63, 3.8) is 0 Å². The number of benzene rings is 3. The number of fused-ring (bicyclic) bond motifs is 1. The minimum absolute atomic E-state index is 0.0171. The molecular formula is C61H80N8O8S2. The number of β-amino-alcohol motifs (C(OH)–C–C–N with tert-alkyl or cyclic N) is 1. The topological polar surface area (TPSA) is 197 Å². The summed E-state index contributed by atoms with van der Waals surface area (Å²) in [4.78, 5) is 73.5. The van der Waals surface area contributed by atoms with Crippen LogP contribution in [0.2, 0.25) is 0 Å². The summed E-state index contributed by atoms with van der Waals surface area (Å²) in [5.74, 6) is 1.66. The summed E-state index contributed by atoms with van der Waals surface area (Å²) in [6.07, 6.45) is 5.15. The van der Waals surface area contributed by atoms with Gasteiger partial charge in [-0.05, 0) is 112 Å². The van der Waals surface area contributed by atoms with Crippen molar-refractivity contribution in [2.24, 2.45) is 5.41 Å². The molecule has 6 aromatic rings. The van der Waals surface area contributed by atoms with Crippen molar-refractivity contribution in [1.82, 2.24) is 35.4 Å². The van der Waals surface area contributed by atoms with Gasteiger partial charge in [0.1, 0.15) is 29.3 Å². The van der Waals surface area contributed by atoms with Crippen molar-refractivity contribution in [3.05, 3.63) is 105 Å². The summed E-state index contributed by atoms with van der Waals surface area (Å²) in [7, 11) is 5.05. The third-order valence-corrected chi connectivity index (χ3v) is 16.3. The Labute approximate surface area is 474 Å². The molecule has 0 aliphatic carbocycles. The fourth-order valence-electron chi connectivity index (χ4n) is 10.0. The molecular weight excluding hydrogens is 1040 g/mol. The van der Waals surface area contributed by atoms with Gasteiger partial charge < -0.3 is 45.1 Å². The Morgan fingerprint density at radius 3 is 2.27 bits per heavy atom. The van der Waals surface area contributed by atoms with Gasteiger partial charge in [-0.2, -0.15) is 0 Å². The lowest BCUT2D eigenvalue weighted by atomic mass is 9.85. The molecule has 3 aromatic heterocycles. The van der Waals surface area contributed by atoms with Crippen molar-refractivity contribution in [2.75, 3.05) is 33.1 Å². The first kappa shape index (κ1) is 60.0. The van der Waals surface area contributed by atoms with Crippen LogP contribution in [0.1, 0.15) is 139 Å². The molecule has 4 N–H and O–H groups in total. The quantitative estimate of drug-likeness (QED) is 0.0444. The SMILES string of the molecule is COc1cc2c(NC(C)c3cc(-c4ccccc4CN(C)C(=O)OC(C)(C)C)cs3)nc(C)nc2c(CCCCCCCCC(=O)NC(C(=O)N2C[C@H](O)C[C@H]2C(=O)NCc2ccc(-c3scnc3C)cc2)C(C)(C)C)c1OC. The number of nitrogens with one attached hydrogen (secondary N) is 3. The average Bonchev–Trinajstić information content (AvgIpc) is 4.24. The van der Waals surface area contributed by atoms with Gasteiger partial charge >= 0.3 is 6.09 Å². The summed E-state index contributed by atoms with van der Waals surface area (Å²) < 4.78 is 17.5. The van der Waals surface area contributed by atoms with Crippen LogP contribution >= 0.6 is 22.7 Å². The summed E-state index contributed by atoms with van der Waals surface area (Å²) in [5.41, 5.74) is 8.44. The zero-order valence-corrected chi connectivity index (χ0v) is 49.7. The van der Waals surface area contributed by atoms with Gasteiger partial charge in [0.2, 0.25) is 17.7 Å². The lowest BCUT2D eigenvalue weighted by Crippen LogP contribution is -2.57. The minimum Gasteiger partial charge on any atom is -0.493 e. The second-order valence-corrected chi connectivity index (χ2v) is 24.6. The van der Waals surface area contributed by atoms with Gasteiger partial charge in [-0.15, -0.1) is 22.7 Å². The maximum absolute atomic E-state index is 14.2. The van der Waals surface area contributed by atoms with Gasteiger partial charge in [-0.25, -0.2) is 19.7 Å². The Bertz CT molecular complexity index is 3070. The van der Waals surface area contributed by atoms with Crippen molar-refractivity contribution in [1.29, 1.82) is 0 Å². The molecule has 7 rings (SSSR count). The zero-order chi connectivity index (χ0) is 57.2. The van der Waals surface area contributed by atoms with Gasteiger partial charge in [-0.3, -0.25) is 14.4 Å². The van der Waals surface area contributed by atoms with E-state index in [4.69, 9.17) is 24.2 Å². The Balaban J connectivity index is 0.903. The number of thiazole rings is 1. The normalized spacial score (nSPS) is 15.4. The maximum atomic E-state index is 14.2. The molecule has 0 radical (unpaired) electrons. The highest BCUT2D eigenvalue weighted by atomic mass is 32.1. The predicted octanol–water partition coefficient (Wildman–Crippen LogP) is 11.7. The van der Waals surface area contributed by atoms with E-state index < -0.39 is 29.2 Å². The number of amides is 4. The molecule has 16 nitrogen and oxygen atoms in total. The molecule has 18 heteroatoms. The maximum Gasteiger partial charge on any atom is 0.410 e. The van der Waals surface area contributed by atoms with Crippen LogP contribution in [0, 0.1) is 19.3 Å². The minimum atomic E-state index is -0.881. The van der Waals surface area contributed by atoms with Crippen molar-refractivity contribution < 1.29 is 38.5 Å². The highest BCUT2D eigenvalue weighted by Gasteiger charge is 2.44. The van der Waals surface area contributed by atoms with Crippen molar-refractivity contribution in [2.45, 2.75) is 163 Å². The molecule has 0 bridgehead atoms. The van der Waals surface area contributed by atoms with Gasteiger partial charge in [-0.1, -0.05) is 95.0 Å². The first-order valence-corrected chi connectivity index (χ1v) is 29.2. The third kappa shape index (κ3) is 15.6. The van der Waals surface area contributed by atoms with E-state index in [1.165, 1.54) is 4.90 Å². The number of anilines is 1. The molecule has 0 spiro atoms. The van der Waals surface area contributed by atoms with Crippen LogP contribution < -0.4 is 25.4 Å². The highest BCUT2D eigenvalue weighted by molar-refractivity contribution is 7.13. The van der Waals surface area contributed by atoms with Crippen molar-refractivity contribution >= 4 is 63.2 Å². The van der Waals surface area contributed by atoms with E-state index in [2.05, 4.69) is 45.4 Å². The number of rotatable bonds is 23. The van der Waals surface area contributed by atoms with E-state index in [-0.39, 0.29) is 55.8 Å². The van der Waals surface area contributed by atoms with Crippen LogP contribution in [-0.2, 0) is 38.6 Å². The summed E-state index contributed by atoms with van der Waals surface area (Å²) in [6, 6.07) is 18.4. The van der Waals surface area contributed by atoms with E-state index in [0.717, 1.165) is 91.8 Å². The van der Waals surface area contributed by atoms with E-state index >= 15 is 0 Å². The molecule has 4 amide bonds. The van der Waals surface area contributed by atoms with Gasteiger partial charge in [0.15, 0.2) is 11.5 Å². The standard InChI is InChI=1S/C61H80N8O8S2/c1-37(50-29-43(35-78-50)45-22-20-19-21-42(45)33-68(10)59(74)77-61(7,8)9)64-56-47-31-49(75-11)53(76-12)46(52(47)65-39(3)66-56)23-17-15-13-14-16-18-24-51(71)67-55(60(4,5)6)58(73)69-34-44(70)30-48(69)57(72)62-32-40-25-27-41(28-26-40)54-38(2)63-36-79-54/h19-22,25-29,31,35-37,44,48,55,70H,13-18,23-24,30,32-34H2,1-12H3,(H,62,72)(H,67,71)(H,64,65,66)/t37?,44-,48+,55?/m1/s1. The Morgan fingerprint density at radius 1 is 0.886 bits per heavy atom. The van der Waals surface area contributed by atoms with E-state index in [1.54, 1.807) is 48.8 Å². The number of aryl methyl sites for hydroxylation is 3. The molecule has 1 aliphatic heterocycles. The second kappa shape index (κ2) is 26.6.